The maximum absolute atomic E-state index is 12.0. The number of hydrogen-bond donors (Lipinski definition) is 2. The molecule has 0 aliphatic rings. The molecule has 0 bridgehead atoms. The molecule has 2 rings (SSSR count). The van der Waals surface area contributed by atoms with Gasteiger partial charge in [-0.1, -0.05) is 0 Å². The van der Waals surface area contributed by atoms with Crippen molar-refractivity contribution in [2.45, 2.75) is 4.90 Å². The van der Waals surface area contributed by atoms with E-state index in [1.165, 1.54) is 0 Å². The van der Waals surface area contributed by atoms with Crippen LogP contribution in [0.25, 0.3) is 0 Å². The van der Waals surface area contributed by atoms with Gasteiger partial charge in [0, 0.05) is 21.3 Å². The van der Waals surface area contributed by atoms with E-state index in [2.05, 4.69) is 28.0 Å². The molecule has 0 aliphatic heterocycles. The zero-order valence-electron chi connectivity index (χ0n) is 11.4. The molecule has 0 spiro atoms. The summed E-state index contributed by atoms with van der Waals surface area (Å²) in [4.78, 5) is 23.5. The Balaban J connectivity index is 2.07. The quantitative estimate of drug-likeness (QED) is 0.412. The maximum Gasteiger partial charge on any atom is 0.269 e. The number of rotatable bonds is 5. The van der Waals surface area contributed by atoms with Gasteiger partial charge in [0.2, 0.25) is 0 Å². The molecule has 0 saturated carbocycles. The monoisotopic (exact) mass is 447 g/mol. The topological polar surface area (TPSA) is 118 Å². The lowest BCUT2D eigenvalue weighted by atomic mass is 10.2. The van der Waals surface area contributed by atoms with E-state index in [0.29, 0.717) is 0 Å². The molecule has 0 saturated heterocycles. The van der Waals surface area contributed by atoms with Gasteiger partial charge >= 0.3 is 0 Å². The second-order valence-electron chi connectivity index (χ2n) is 4.32. The zero-order chi connectivity index (χ0) is 17.0. The fraction of sp³-hybridized carbons (Fsp3) is 0. The first-order valence-corrected chi connectivity index (χ1v) is 8.68. The Hall–Kier alpha value is -2.05. The van der Waals surface area contributed by atoms with Crippen LogP contribution in [0.4, 0.5) is 5.69 Å². The smallest absolute Gasteiger partial charge is 0.269 e. The fourth-order valence-corrected chi connectivity index (χ4v) is 2.79. The summed E-state index contributed by atoms with van der Waals surface area (Å²) < 4.78 is 24.9. The first kappa shape index (κ1) is 17.3. The molecular weight excluding hydrogens is 437 g/mol. The van der Waals surface area contributed by atoms with Gasteiger partial charge in [0.05, 0.1) is 9.82 Å². The minimum absolute atomic E-state index is 0.203. The third kappa shape index (κ3) is 4.46. The number of amides is 1. The molecule has 8 nitrogen and oxygen atoms in total. The van der Waals surface area contributed by atoms with Crippen LogP contribution in [-0.4, -0.2) is 19.2 Å². The molecular formula is C13H10IN3O5S. The molecule has 120 valence electrons. The number of carbonyl (C=O) groups excluding carboxylic acids is 1. The van der Waals surface area contributed by atoms with Crippen LogP contribution in [-0.2, 0) is 10.0 Å². The van der Waals surface area contributed by atoms with Crippen molar-refractivity contribution < 1.29 is 18.1 Å². The lowest BCUT2D eigenvalue weighted by Crippen LogP contribution is -2.41. The number of nitrogens with one attached hydrogen (secondary N) is 2. The van der Waals surface area contributed by atoms with Crippen molar-refractivity contribution in [2.24, 2.45) is 0 Å². The Morgan fingerprint density at radius 1 is 1.04 bits per heavy atom. The fourth-order valence-electron chi connectivity index (χ4n) is 1.59. The predicted molar refractivity (Wildman–Crippen MR) is 90.0 cm³/mol. The van der Waals surface area contributed by atoms with Gasteiger partial charge in [-0.25, -0.2) is 8.42 Å². The number of non-ortho nitro benzene ring substituents is 1. The average molecular weight is 447 g/mol. The molecule has 2 aromatic carbocycles. The van der Waals surface area contributed by atoms with Gasteiger partial charge in [-0.3, -0.25) is 20.3 Å². The molecule has 0 aromatic heterocycles. The van der Waals surface area contributed by atoms with Crippen molar-refractivity contribution in [3.63, 3.8) is 0 Å². The highest BCUT2D eigenvalue weighted by Crippen LogP contribution is 2.15. The number of carbonyl (C=O) groups is 1. The summed E-state index contributed by atoms with van der Waals surface area (Å²) in [7, 11) is -4.02. The zero-order valence-corrected chi connectivity index (χ0v) is 14.4. The van der Waals surface area contributed by atoms with Gasteiger partial charge in [-0.05, 0) is 59.0 Å². The van der Waals surface area contributed by atoms with Crippen LogP contribution in [0.2, 0.25) is 0 Å². The van der Waals surface area contributed by atoms with E-state index in [0.717, 1.165) is 27.8 Å². The first-order valence-electron chi connectivity index (χ1n) is 6.12. The van der Waals surface area contributed by atoms with E-state index in [9.17, 15) is 23.3 Å². The summed E-state index contributed by atoms with van der Waals surface area (Å²) in [5.74, 6) is -0.619. The second kappa shape index (κ2) is 7.02. The molecule has 10 heteroatoms. The van der Waals surface area contributed by atoms with Gasteiger partial charge in [0.25, 0.3) is 21.6 Å². The number of nitro benzene ring substituents is 1. The third-order valence-corrected chi connectivity index (χ3v) is 4.75. The van der Waals surface area contributed by atoms with E-state index < -0.39 is 20.9 Å². The maximum atomic E-state index is 12.0. The molecule has 0 heterocycles. The van der Waals surface area contributed by atoms with Gasteiger partial charge in [-0.2, -0.15) is 0 Å². The van der Waals surface area contributed by atoms with Crippen molar-refractivity contribution in [1.82, 2.24) is 10.3 Å². The lowest BCUT2D eigenvalue weighted by molar-refractivity contribution is -0.384. The summed E-state index contributed by atoms with van der Waals surface area (Å²) in [6.45, 7) is 0. The van der Waals surface area contributed by atoms with E-state index in [1.807, 2.05) is 4.83 Å². The normalized spacial score (nSPS) is 11.0. The molecule has 23 heavy (non-hydrogen) atoms. The molecule has 0 atom stereocenters. The number of sulfonamides is 1. The largest absolute Gasteiger partial charge is 0.273 e. The van der Waals surface area contributed by atoms with Crippen LogP contribution >= 0.6 is 22.6 Å². The van der Waals surface area contributed by atoms with Crippen molar-refractivity contribution in [1.29, 1.82) is 0 Å². The number of hydrogen-bond acceptors (Lipinski definition) is 5. The van der Waals surface area contributed by atoms with Crippen LogP contribution in [0.3, 0.4) is 0 Å². The summed E-state index contributed by atoms with van der Waals surface area (Å²) in [6.07, 6.45) is 0. The van der Waals surface area contributed by atoms with E-state index in [-0.39, 0.29) is 16.1 Å². The van der Waals surface area contributed by atoms with Gasteiger partial charge in [0.15, 0.2) is 0 Å². The van der Waals surface area contributed by atoms with E-state index >= 15 is 0 Å². The van der Waals surface area contributed by atoms with Crippen LogP contribution in [0.1, 0.15) is 10.4 Å². The van der Waals surface area contributed by atoms with Crippen LogP contribution in [0, 0.1) is 13.7 Å². The molecule has 0 radical (unpaired) electrons. The Kier molecular flexibility index (Phi) is 5.28. The molecule has 0 aliphatic carbocycles. The predicted octanol–water partition coefficient (Wildman–Crippen LogP) is 1.82. The molecule has 0 fully saturated rings. The highest BCUT2D eigenvalue weighted by molar-refractivity contribution is 14.1. The Bertz CT molecular complexity index is 835. The lowest BCUT2D eigenvalue weighted by Gasteiger charge is -2.08. The Morgan fingerprint density at radius 2 is 1.61 bits per heavy atom. The molecule has 0 unspecified atom stereocenters. The summed E-state index contributed by atoms with van der Waals surface area (Å²) in [6, 6.07) is 10.8. The third-order valence-electron chi connectivity index (χ3n) is 2.76. The number of benzene rings is 2. The minimum atomic E-state index is -4.02. The van der Waals surface area contributed by atoms with E-state index in [4.69, 9.17) is 0 Å². The first-order chi connectivity index (χ1) is 10.8. The van der Waals surface area contributed by atoms with Crippen LogP contribution < -0.4 is 10.3 Å². The highest BCUT2D eigenvalue weighted by atomic mass is 127. The average Bonchev–Trinajstić information content (AvgIpc) is 2.53. The molecule has 1 amide bonds. The van der Waals surface area contributed by atoms with Gasteiger partial charge in [-0.15, -0.1) is 4.83 Å². The number of hydrazine groups is 1. The van der Waals surface area contributed by atoms with Crippen LogP contribution in [0.15, 0.2) is 53.4 Å². The second-order valence-corrected chi connectivity index (χ2v) is 7.25. The summed E-state index contributed by atoms with van der Waals surface area (Å²) >= 11 is 2.08. The van der Waals surface area contributed by atoms with Gasteiger partial charge in [0.1, 0.15) is 0 Å². The number of halogens is 1. The molecule has 2 N–H and O–H groups in total. The van der Waals surface area contributed by atoms with Gasteiger partial charge < -0.3 is 0 Å². The minimum Gasteiger partial charge on any atom is -0.273 e. The number of nitro groups is 1. The number of nitrogens with zero attached hydrogens (tertiary/aromatic N) is 1. The highest BCUT2D eigenvalue weighted by Gasteiger charge is 2.17. The van der Waals surface area contributed by atoms with E-state index in [1.54, 1.807) is 24.3 Å². The van der Waals surface area contributed by atoms with Crippen molar-refractivity contribution in [3.8, 4) is 0 Å². The summed E-state index contributed by atoms with van der Waals surface area (Å²) in [5, 5.41) is 10.5. The van der Waals surface area contributed by atoms with Crippen molar-refractivity contribution in [2.75, 3.05) is 0 Å². The summed E-state index contributed by atoms with van der Waals surface area (Å²) in [5.41, 5.74) is 2.14. The standard InChI is InChI=1S/C13H10IN3O5S/c14-10-3-1-9(2-4-10)13(18)15-16-23(21,22)12-7-5-11(6-8-12)17(19)20/h1-8,16H,(H,15,18). The Morgan fingerprint density at radius 3 is 2.13 bits per heavy atom. The van der Waals surface area contributed by atoms with Crippen LogP contribution in [0.5, 0.6) is 0 Å². The Labute approximate surface area is 145 Å². The SMILES string of the molecule is O=C(NNS(=O)(=O)c1ccc([N+](=O)[O-])cc1)c1ccc(I)cc1. The van der Waals surface area contributed by atoms with Crippen molar-refractivity contribution in [3.05, 3.63) is 67.8 Å². The molecule has 2 aromatic rings. The van der Waals surface area contributed by atoms with Crippen molar-refractivity contribution >= 4 is 44.2 Å².